The first-order chi connectivity index (χ1) is 11.1. The fraction of sp³-hybridized carbons (Fsp3) is 0.556. The Hall–Kier alpha value is -1.72. The molecule has 1 aromatic carbocycles. The molecule has 1 unspecified atom stereocenters. The van der Waals surface area contributed by atoms with Gasteiger partial charge in [0.15, 0.2) is 0 Å². The largest absolute Gasteiger partial charge is 0.316 e. The fourth-order valence-electron chi connectivity index (χ4n) is 3.27. The zero-order valence-electron chi connectivity index (χ0n) is 14.0. The molecule has 0 amide bonds. The molecule has 1 aliphatic heterocycles. The van der Waals surface area contributed by atoms with Crippen molar-refractivity contribution in [1.82, 2.24) is 20.2 Å². The lowest BCUT2D eigenvalue weighted by Crippen LogP contribution is -2.41. The van der Waals surface area contributed by atoms with E-state index in [0.29, 0.717) is 23.9 Å². The predicted octanol–water partition coefficient (Wildman–Crippen LogP) is 2.13. The number of piperidine rings is 1. The molecule has 1 saturated heterocycles. The zero-order chi connectivity index (χ0) is 16.2. The molecule has 2 aromatic rings. The van der Waals surface area contributed by atoms with E-state index in [0.717, 1.165) is 31.0 Å². The number of rotatable bonds is 5. The predicted molar refractivity (Wildman–Crippen MR) is 93.5 cm³/mol. The van der Waals surface area contributed by atoms with Crippen molar-refractivity contribution in [2.24, 2.45) is 5.92 Å². The fourth-order valence-corrected chi connectivity index (χ4v) is 3.27. The van der Waals surface area contributed by atoms with E-state index in [-0.39, 0.29) is 5.56 Å². The molecule has 5 heteroatoms. The highest BCUT2D eigenvalue weighted by molar-refractivity contribution is 5.77. The number of aromatic nitrogens is 2. The molecular weight excluding hydrogens is 288 g/mol. The number of hydrogen-bond donors (Lipinski definition) is 2. The van der Waals surface area contributed by atoms with Gasteiger partial charge in [-0.15, -0.1) is 0 Å². The van der Waals surface area contributed by atoms with Gasteiger partial charge in [0, 0.05) is 12.6 Å². The molecule has 0 aliphatic carbocycles. The van der Waals surface area contributed by atoms with E-state index in [1.807, 2.05) is 24.3 Å². The number of nitrogens with one attached hydrogen (secondary N) is 2. The van der Waals surface area contributed by atoms with Crippen LogP contribution in [0.1, 0.15) is 32.5 Å². The van der Waals surface area contributed by atoms with Gasteiger partial charge in [0.1, 0.15) is 5.82 Å². The van der Waals surface area contributed by atoms with Crippen LogP contribution in [0.5, 0.6) is 0 Å². The molecule has 1 fully saturated rings. The summed E-state index contributed by atoms with van der Waals surface area (Å²) >= 11 is 0. The van der Waals surface area contributed by atoms with Gasteiger partial charge in [0.2, 0.25) is 0 Å². The molecule has 0 bridgehead atoms. The average Bonchev–Trinajstić information content (AvgIpc) is 2.55. The van der Waals surface area contributed by atoms with Crippen molar-refractivity contribution < 1.29 is 0 Å². The second-order valence-electron chi connectivity index (χ2n) is 6.77. The van der Waals surface area contributed by atoms with E-state index in [9.17, 15) is 4.79 Å². The summed E-state index contributed by atoms with van der Waals surface area (Å²) in [5, 5.41) is 4.13. The van der Waals surface area contributed by atoms with Crippen LogP contribution in [-0.2, 0) is 6.54 Å². The molecule has 2 N–H and O–H groups in total. The van der Waals surface area contributed by atoms with Crippen molar-refractivity contribution in [1.29, 1.82) is 0 Å². The molecule has 1 aliphatic rings. The maximum absolute atomic E-state index is 12.2. The van der Waals surface area contributed by atoms with E-state index >= 15 is 0 Å². The minimum atomic E-state index is -0.0476. The van der Waals surface area contributed by atoms with Crippen LogP contribution in [0.4, 0.5) is 0 Å². The third kappa shape index (κ3) is 3.98. The number of H-pyrrole nitrogens is 1. The molecule has 0 saturated carbocycles. The molecular formula is C18H26N4O. The number of benzene rings is 1. The molecule has 1 atom stereocenters. The quantitative estimate of drug-likeness (QED) is 0.887. The van der Waals surface area contributed by atoms with Crippen LogP contribution in [0.2, 0.25) is 0 Å². The van der Waals surface area contributed by atoms with Crippen LogP contribution in [0, 0.1) is 5.92 Å². The number of aromatic amines is 1. The Morgan fingerprint density at radius 1 is 1.35 bits per heavy atom. The highest BCUT2D eigenvalue weighted by Crippen LogP contribution is 2.15. The number of nitrogens with zero attached hydrogens (tertiary/aromatic N) is 2. The van der Waals surface area contributed by atoms with Crippen molar-refractivity contribution >= 4 is 10.9 Å². The summed E-state index contributed by atoms with van der Waals surface area (Å²) in [6.07, 6.45) is 2.53. The van der Waals surface area contributed by atoms with Crippen LogP contribution in [0.15, 0.2) is 29.1 Å². The lowest BCUT2D eigenvalue weighted by Gasteiger charge is -2.32. The molecule has 23 heavy (non-hydrogen) atoms. The van der Waals surface area contributed by atoms with Gasteiger partial charge in [-0.25, -0.2) is 4.98 Å². The second-order valence-corrected chi connectivity index (χ2v) is 6.77. The van der Waals surface area contributed by atoms with E-state index in [2.05, 4.69) is 34.0 Å². The first kappa shape index (κ1) is 16.1. The summed E-state index contributed by atoms with van der Waals surface area (Å²) in [4.78, 5) is 22.2. The van der Waals surface area contributed by atoms with Crippen molar-refractivity contribution in [3.8, 4) is 0 Å². The first-order valence-electron chi connectivity index (χ1n) is 8.56. The highest BCUT2D eigenvalue weighted by atomic mass is 16.1. The molecule has 5 nitrogen and oxygen atoms in total. The van der Waals surface area contributed by atoms with Gasteiger partial charge < -0.3 is 10.3 Å². The normalized spacial score (nSPS) is 18.9. The van der Waals surface area contributed by atoms with Gasteiger partial charge in [-0.05, 0) is 57.8 Å². The summed E-state index contributed by atoms with van der Waals surface area (Å²) in [6, 6.07) is 7.94. The smallest absolute Gasteiger partial charge is 0.258 e. The van der Waals surface area contributed by atoms with Gasteiger partial charge >= 0.3 is 0 Å². The molecule has 124 valence electrons. The minimum absolute atomic E-state index is 0.0476. The SMILES string of the molecule is CC(C)N(Cc1nc2ccccc2c(=O)[nH]1)CC1CCCNC1. The van der Waals surface area contributed by atoms with Crippen LogP contribution in [0.25, 0.3) is 10.9 Å². The summed E-state index contributed by atoms with van der Waals surface area (Å²) in [6.45, 7) is 8.36. The van der Waals surface area contributed by atoms with Gasteiger partial charge in [-0.1, -0.05) is 12.1 Å². The van der Waals surface area contributed by atoms with Crippen LogP contribution in [-0.4, -0.2) is 40.5 Å². The molecule has 0 radical (unpaired) electrons. The van der Waals surface area contributed by atoms with Gasteiger partial charge in [0.25, 0.3) is 5.56 Å². The van der Waals surface area contributed by atoms with Gasteiger partial charge in [-0.3, -0.25) is 9.69 Å². The Morgan fingerprint density at radius 3 is 2.91 bits per heavy atom. The van der Waals surface area contributed by atoms with Crippen molar-refractivity contribution in [3.05, 3.63) is 40.4 Å². The van der Waals surface area contributed by atoms with Crippen LogP contribution >= 0.6 is 0 Å². The number of para-hydroxylation sites is 1. The van der Waals surface area contributed by atoms with E-state index in [4.69, 9.17) is 0 Å². The summed E-state index contributed by atoms with van der Waals surface area (Å²) < 4.78 is 0. The van der Waals surface area contributed by atoms with Crippen molar-refractivity contribution in [2.75, 3.05) is 19.6 Å². The van der Waals surface area contributed by atoms with Gasteiger partial charge in [-0.2, -0.15) is 0 Å². The maximum atomic E-state index is 12.2. The number of hydrogen-bond acceptors (Lipinski definition) is 4. The third-order valence-corrected chi connectivity index (χ3v) is 4.64. The lowest BCUT2D eigenvalue weighted by molar-refractivity contribution is 0.160. The molecule has 3 rings (SSSR count). The minimum Gasteiger partial charge on any atom is -0.316 e. The average molecular weight is 314 g/mol. The third-order valence-electron chi connectivity index (χ3n) is 4.64. The molecule has 1 aromatic heterocycles. The van der Waals surface area contributed by atoms with Crippen LogP contribution in [0.3, 0.4) is 0 Å². The summed E-state index contributed by atoms with van der Waals surface area (Å²) in [5.74, 6) is 1.43. The highest BCUT2D eigenvalue weighted by Gasteiger charge is 2.20. The number of fused-ring (bicyclic) bond motifs is 1. The lowest BCUT2D eigenvalue weighted by atomic mass is 9.98. The second kappa shape index (κ2) is 7.23. The molecule has 0 spiro atoms. The Labute approximate surface area is 137 Å². The monoisotopic (exact) mass is 314 g/mol. The summed E-state index contributed by atoms with van der Waals surface area (Å²) in [5.41, 5.74) is 0.725. The van der Waals surface area contributed by atoms with E-state index < -0.39 is 0 Å². The first-order valence-corrected chi connectivity index (χ1v) is 8.56. The Kier molecular flexibility index (Phi) is 5.08. The van der Waals surface area contributed by atoms with E-state index in [1.165, 1.54) is 12.8 Å². The Balaban J connectivity index is 1.78. The zero-order valence-corrected chi connectivity index (χ0v) is 14.0. The van der Waals surface area contributed by atoms with Crippen LogP contribution < -0.4 is 10.9 Å². The standard InChI is InChI=1S/C18H26N4O/c1-13(2)22(11-14-6-5-9-19-10-14)12-17-20-16-8-4-3-7-15(16)18(23)21-17/h3-4,7-8,13-14,19H,5-6,9-12H2,1-2H3,(H,20,21,23). The Morgan fingerprint density at radius 2 is 2.17 bits per heavy atom. The molecule has 2 heterocycles. The maximum Gasteiger partial charge on any atom is 0.258 e. The van der Waals surface area contributed by atoms with Gasteiger partial charge in [0.05, 0.1) is 17.4 Å². The van der Waals surface area contributed by atoms with Crippen molar-refractivity contribution in [3.63, 3.8) is 0 Å². The summed E-state index contributed by atoms with van der Waals surface area (Å²) in [7, 11) is 0. The van der Waals surface area contributed by atoms with E-state index in [1.54, 1.807) is 0 Å². The van der Waals surface area contributed by atoms with Crippen molar-refractivity contribution in [2.45, 2.75) is 39.3 Å². The topological polar surface area (TPSA) is 61.0 Å². The Bertz CT molecular complexity index is 703.